The Hall–Kier alpha value is -0.710. The molecule has 1 saturated heterocycles. The van der Waals surface area contributed by atoms with Gasteiger partial charge in [-0.25, -0.2) is 18.1 Å². The van der Waals surface area contributed by atoms with Crippen LogP contribution in [-0.4, -0.2) is 31.9 Å². The maximum absolute atomic E-state index is 12.5. The summed E-state index contributed by atoms with van der Waals surface area (Å²) in [5, 5.41) is 0.353. The van der Waals surface area contributed by atoms with Gasteiger partial charge in [0.2, 0.25) is 10.0 Å². The largest absolute Gasteiger partial charge is 0.434 e. The summed E-state index contributed by atoms with van der Waals surface area (Å²) in [4.78, 5) is 3.50. The van der Waals surface area contributed by atoms with Crippen LogP contribution in [0.5, 0.6) is 0 Å². The minimum absolute atomic E-state index is 0.109. The van der Waals surface area contributed by atoms with Crippen molar-refractivity contribution in [1.29, 1.82) is 0 Å². The summed E-state index contributed by atoms with van der Waals surface area (Å²) in [5.74, 6) is 0. The van der Waals surface area contributed by atoms with Crippen LogP contribution >= 0.6 is 11.3 Å². The zero-order valence-corrected chi connectivity index (χ0v) is 12.8. The second-order valence-electron chi connectivity index (χ2n) is 4.68. The molecule has 10 heteroatoms. The van der Waals surface area contributed by atoms with Crippen molar-refractivity contribution < 1.29 is 26.3 Å². The van der Waals surface area contributed by atoms with E-state index in [-0.39, 0.29) is 11.6 Å². The summed E-state index contributed by atoms with van der Waals surface area (Å²) < 4.78 is 69.4. The number of nitrogens with zero attached hydrogens (tertiary/aromatic N) is 1. The molecule has 0 radical (unpaired) electrons. The lowest BCUT2D eigenvalue weighted by molar-refractivity contribution is -0.140. The third-order valence-electron chi connectivity index (χ3n) is 3.15. The van der Waals surface area contributed by atoms with Crippen LogP contribution in [-0.2, 0) is 20.9 Å². The summed E-state index contributed by atoms with van der Waals surface area (Å²) in [6.45, 7) is 2.17. The lowest BCUT2D eigenvalue weighted by Gasteiger charge is -2.17. The quantitative estimate of drug-likeness (QED) is 0.890. The number of alkyl halides is 3. The number of hydrogen-bond acceptors (Lipinski definition) is 5. The van der Waals surface area contributed by atoms with Gasteiger partial charge in [-0.05, 0) is 12.8 Å². The molecule has 0 spiro atoms. The third-order valence-corrected chi connectivity index (χ3v) is 5.97. The van der Waals surface area contributed by atoms with Gasteiger partial charge in [0, 0.05) is 12.0 Å². The van der Waals surface area contributed by atoms with E-state index >= 15 is 0 Å². The fraction of sp³-hybridized carbons (Fsp3) is 0.727. The zero-order valence-electron chi connectivity index (χ0n) is 11.2. The van der Waals surface area contributed by atoms with Crippen LogP contribution in [0.4, 0.5) is 13.2 Å². The van der Waals surface area contributed by atoms with Crippen molar-refractivity contribution in [1.82, 2.24) is 9.71 Å². The van der Waals surface area contributed by atoms with Crippen LogP contribution in [0.3, 0.4) is 0 Å². The molecule has 0 aromatic carbocycles. The van der Waals surface area contributed by atoms with Gasteiger partial charge in [-0.3, -0.25) is 0 Å². The number of hydrogen-bond donors (Lipinski definition) is 1. The highest BCUT2D eigenvalue weighted by Gasteiger charge is 2.36. The van der Waals surface area contributed by atoms with Crippen molar-refractivity contribution in [2.24, 2.45) is 0 Å². The monoisotopic (exact) mass is 344 g/mol. The van der Waals surface area contributed by atoms with Crippen LogP contribution in [0.2, 0.25) is 0 Å². The van der Waals surface area contributed by atoms with Crippen LogP contribution in [0.1, 0.15) is 36.5 Å². The molecule has 0 unspecified atom stereocenters. The van der Waals surface area contributed by atoms with Gasteiger partial charge in [0.1, 0.15) is 10.3 Å². The minimum Gasteiger partial charge on any atom is -0.380 e. The van der Waals surface area contributed by atoms with Gasteiger partial charge in [-0.2, -0.15) is 13.2 Å². The second-order valence-corrected chi connectivity index (χ2v) is 7.56. The highest BCUT2D eigenvalue weighted by Crippen LogP contribution is 2.32. The van der Waals surface area contributed by atoms with E-state index in [1.54, 1.807) is 6.92 Å². The van der Waals surface area contributed by atoms with E-state index in [4.69, 9.17) is 4.74 Å². The highest BCUT2D eigenvalue weighted by molar-refractivity contribution is 7.90. The van der Waals surface area contributed by atoms with Crippen molar-refractivity contribution >= 4 is 21.4 Å². The number of ether oxygens (including phenoxy) is 1. The van der Waals surface area contributed by atoms with Crippen molar-refractivity contribution in [3.63, 3.8) is 0 Å². The van der Waals surface area contributed by atoms with E-state index in [0.29, 0.717) is 19.4 Å². The smallest absolute Gasteiger partial charge is 0.380 e. The molecule has 1 aromatic heterocycles. The highest BCUT2D eigenvalue weighted by atomic mass is 32.2. The number of aromatic nitrogens is 1. The first kappa shape index (κ1) is 16.7. The number of sulfonamides is 1. The topological polar surface area (TPSA) is 68.3 Å². The fourth-order valence-electron chi connectivity index (χ4n) is 1.94. The first-order chi connectivity index (χ1) is 9.74. The number of thiazole rings is 1. The fourth-order valence-corrected chi connectivity index (χ4v) is 4.52. The van der Waals surface area contributed by atoms with Gasteiger partial charge in [0.25, 0.3) is 0 Å². The van der Waals surface area contributed by atoms with Crippen LogP contribution in [0, 0.1) is 0 Å². The molecule has 0 aliphatic carbocycles. The molecule has 1 N–H and O–H groups in total. The molecule has 1 aliphatic rings. The van der Waals surface area contributed by atoms with Gasteiger partial charge in [-0.1, -0.05) is 6.92 Å². The molecule has 1 fully saturated rings. The van der Waals surface area contributed by atoms with Gasteiger partial charge in [0.15, 0.2) is 5.69 Å². The Balaban J connectivity index is 2.14. The molecular formula is C11H15F3N2O3S2. The molecule has 2 rings (SSSR count). The number of nitrogens with one attached hydrogen (secondary N) is 1. The van der Waals surface area contributed by atoms with Crippen molar-refractivity contribution in [2.75, 3.05) is 13.2 Å². The first-order valence-corrected chi connectivity index (χ1v) is 8.78. The normalized spacial score (nSPS) is 21.6. The molecule has 0 amide bonds. The maximum atomic E-state index is 12.5. The van der Waals surface area contributed by atoms with Gasteiger partial charge < -0.3 is 4.74 Å². The Bertz CT molecular complexity index is 580. The molecule has 0 bridgehead atoms. The summed E-state index contributed by atoms with van der Waals surface area (Å²) in [6.07, 6.45) is -3.82. The van der Waals surface area contributed by atoms with Crippen LogP contribution in [0.25, 0.3) is 0 Å². The van der Waals surface area contributed by atoms with Crippen LogP contribution in [0.15, 0.2) is 5.38 Å². The Morgan fingerprint density at radius 3 is 2.76 bits per heavy atom. The van der Waals surface area contributed by atoms with E-state index in [1.165, 1.54) is 0 Å². The van der Waals surface area contributed by atoms with Crippen molar-refractivity contribution in [3.05, 3.63) is 16.1 Å². The van der Waals surface area contributed by atoms with Gasteiger partial charge in [-0.15, -0.1) is 11.3 Å². The zero-order chi connectivity index (χ0) is 15.7. The van der Waals surface area contributed by atoms with Crippen molar-refractivity contribution in [3.8, 4) is 0 Å². The van der Waals surface area contributed by atoms with Gasteiger partial charge >= 0.3 is 6.18 Å². The van der Waals surface area contributed by atoms with Gasteiger partial charge in [0.05, 0.1) is 12.6 Å². The summed E-state index contributed by atoms with van der Waals surface area (Å²) in [5.41, 5.74) is -0.996. The first-order valence-electron chi connectivity index (χ1n) is 6.35. The molecule has 2 atom stereocenters. The summed E-state index contributed by atoms with van der Waals surface area (Å²) in [6, 6.07) is -0.753. The average molecular weight is 344 g/mol. The Kier molecular flexibility index (Phi) is 4.91. The standard InChI is InChI=1S/C11H15F3N2O3S2/c1-2-8(10-15-9(6-20-10)11(12,13)14)16-21(17,18)7-3-4-19-5-7/h6-8,16H,2-5H2,1H3/t7-,8-/m0/s1. The number of rotatable bonds is 5. The minimum atomic E-state index is -4.52. The van der Waals surface area contributed by atoms with E-state index < -0.39 is 33.2 Å². The average Bonchev–Trinajstić information content (AvgIpc) is 3.05. The molecule has 5 nitrogen and oxygen atoms in total. The SMILES string of the molecule is CC[C@H](NS(=O)(=O)[C@H]1CCOC1)c1nc(C(F)(F)F)cs1. The molecular weight excluding hydrogens is 329 g/mol. The van der Waals surface area contributed by atoms with Crippen LogP contribution < -0.4 is 4.72 Å². The summed E-state index contributed by atoms with van der Waals surface area (Å²) >= 11 is 0.803. The van der Waals surface area contributed by atoms with E-state index in [1.807, 2.05) is 0 Å². The maximum Gasteiger partial charge on any atom is 0.434 e. The van der Waals surface area contributed by atoms with E-state index in [9.17, 15) is 21.6 Å². The predicted molar refractivity (Wildman–Crippen MR) is 71.4 cm³/mol. The van der Waals surface area contributed by atoms with Crippen molar-refractivity contribution in [2.45, 2.75) is 37.2 Å². The lowest BCUT2D eigenvalue weighted by atomic mass is 10.2. The molecule has 0 saturated carbocycles. The lowest BCUT2D eigenvalue weighted by Crippen LogP contribution is -2.37. The number of halogens is 3. The molecule has 1 aliphatic heterocycles. The molecule has 1 aromatic rings. The van der Waals surface area contributed by atoms with E-state index in [0.717, 1.165) is 16.7 Å². The molecule has 120 valence electrons. The predicted octanol–water partition coefficient (Wildman–Crippen LogP) is 2.32. The molecule has 2 heterocycles. The second kappa shape index (κ2) is 6.19. The van der Waals surface area contributed by atoms with E-state index in [2.05, 4.69) is 9.71 Å². The molecule has 21 heavy (non-hydrogen) atoms. The Morgan fingerprint density at radius 1 is 1.57 bits per heavy atom. The Morgan fingerprint density at radius 2 is 2.29 bits per heavy atom. The third kappa shape index (κ3) is 3.93. The summed E-state index contributed by atoms with van der Waals surface area (Å²) in [7, 11) is -3.64. The Labute approximate surface area is 124 Å².